The van der Waals surface area contributed by atoms with E-state index in [9.17, 15) is 10.1 Å². The molecule has 0 bridgehead atoms. The maximum absolute atomic E-state index is 10.8. The van der Waals surface area contributed by atoms with Crippen LogP contribution in [0.15, 0.2) is 12.1 Å². The number of rotatable bonds is 7. The molecule has 0 fully saturated rings. The molecule has 0 unspecified atom stereocenters. The first-order chi connectivity index (χ1) is 8.52. The number of pyridine rings is 1. The van der Waals surface area contributed by atoms with E-state index < -0.39 is 4.92 Å². The Labute approximate surface area is 106 Å². The van der Waals surface area contributed by atoms with Crippen LogP contribution in [0.1, 0.15) is 6.42 Å². The number of hydrogen-bond donors (Lipinski definition) is 2. The zero-order chi connectivity index (χ0) is 13.5. The highest BCUT2D eigenvalue weighted by Crippen LogP contribution is 2.20. The van der Waals surface area contributed by atoms with Crippen molar-refractivity contribution in [3.05, 3.63) is 22.2 Å². The van der Waals surface area contributed by atoms with Crippen molar-refractivity contribution in [1.29, 1.82) is 0 Å². The number of anilines is 2. The Morgan fingerprint density at radius 3 is 2.61 bits per heavy atom. The summed E-state index contributed by atoms with van der Waals surface area (Å²) in [7, 11) is 5.69. The van der Waals surface area contributed by atoms with Gasteiger partial charge in [-0.15, -0.1) is 0 Å². The second-order valence-corrected chi connectivity index (χ2v) is 4.19. The van der Waals surface area contributed by atoms with E-state index in [1.807, 2.05) is 14.1 Å². The van der Waals surface area contributed by atoms with Crippen LogP contribution in [0.2, 0.25) is 0 Å². The lowest BCUT2D eigenvalue weighted by Crippen LogP contribution is -2.16. The minimum atomic E-state index is -0.423. The lowest BCUT2D eigenvalue weighted by molar-refractivity contribution is -0.384. The lowest BCUT2D eigenvalue weighted by atomic mass is 10.3. The van der Waals surface area contributed by atoms with E-state index in [4.69, 9.17) is 0 Å². The number of nitrogens with zero attached hydrogens (tertiary/aromatic N) is 3. The van der Waals surface area contributed by atoms with Gasteiger partial charge < -0.3 is 15.5 Å². The van der Waals surface area contributed by atoms with Crippen molar-refractivity contribution < 1.29 is 4.92 Å². The molecular formula is C11H19N5O2. The van der Waals surface area contributed by atoms with Crippen LogP contribution in [-0.2, 0) is 0 Å². The predicted octanol–water partition coefficient (Wildman–Crippen LogP) is 1.40. The molecular weight excluding hydrogens is 234 g/mol. The highest BCUT2D eigenvalue weighted by atomic mass is 16.6. The molecule has 0 aliphatic rings. The van der Waals surface area contributed by atoms with Gasteiger partial charge in [0.2, 0.25) is 0 Å². The van der Waals surface area contributed by atoms with Crippen molar-refractivity contribution in [2.45, 2.75) is 6.42 Å². The number of aromatic nitrogens is 1. The molecule has 1 aromatic heterocycles. The summed E-state index contributed by atoms with van der Waals surface area (Å²) < 4.78 is 0. The quantitative estimate of drug-likeness (QED) is 0.434. The molecule has 0 atom stereocenters. The average molecular weight is 253 g/mol. The standard InChI is InChI=1S/C11H19N5O2/c1-12-10-7-9(16(17)18)8-11(14-10)13-5-4-6-15(2)3/h7-8H,4-6H2,1-3H3,(H2,12,13,14). The number of nitro groups is 1. The second-order valence-electron chi connectivity index (χ2n) is 4.19. The van der Waals surface area contributed by atoms with Gasteiger partial charge in [-0.2, -0.15) is 0 Å². The lowest BCUT2D eigenvalue weighted by Gasteiger charge is -2.10. The summed E-state index contributed by atoms with van der Waals surface area (Å²) in [5.74, 6) is 1.01. The Kier molecular flexibility index (Phi) is 5.31. The Balaban J connectivity index is 2.64. The molecule has 0 spiro atoms. The molecule has 7 heteroatoms. The molecule has 1 heterocycles. The Bertz CT molecular complexity index is 408. The molecule has 0 aliphatic carbocycles. The first-order valence-electron chi connectivity index (χ1n) is 5.75. The number of hydrogen-bond acceptors (Lipinski definition) is 6. The molecule has 2 N–H and O–H groups in total. The van der Waals surface area contributed by atoms with Crippen LogP contribution in [0, 0.1) is 10.1 Å². The molecule has 0 aromatic carbocycles. The molecule has 0 amide bonds. The average Bonchev–Trinajstić information content (AvgIpc) is 2.34. The van der Waals surface area contributed by atoms with Crippen LogP contribution in [0.4, 0.5) is 17.3 Å². The maximum atomic E-state index is 10.8. The van der Waals surface area contributed by atoms with Crippen LogP contribution >= 0.6 is 0 Å². The van der Waals surface area contributed by atoms with E-state index in [2.05, 4.69) is 20.5 Å². The van der Waals surface area contributed by atoms with E-state index in [-0.39, 0.29) is 5.69 Å². The van der Waals surface area contributed by atoms with E-state index in [1.54, 1.807) is 7.05 Å². The maximum Gasteiger partial charge on any atom is 0.276 e. The third-order valence-corrected chi connectivity index (χ3v) is 2.37. The Morgan fingerprint density at radius 1 is 1.39 bits per heavy atom. The van der Waals surface area contributed by atoms with Crippen LogP contribution in [0.5, 0.6) is 0 Å². The summed E-state index contributed by atoms with van der Waals surface area (Å²) in [6, 6.07) is 2.85. The van der Waals surface area contributed by atoms with Gasteiger partial charge in [-0.05, 0) is 27.1 Å². The van der Waals surface area contributed by atoms with Crippen LogP contribution in [-0.4, -0.2) is 49.0 Å². The van der Waals surface area contributed by atoms with Crippen molar-refractivity contribution in [1.82, 2.24) is 9.88 Å². The molecule has 0 saturated heterocycles. The molecule has 18 heavy (non-hydrogen) atoms. The van der Waals surface area contributed by atoms with Gasteiger partial charge >= 0.3 is 0 Å². The molecule has 100 valence electrons. The van der Waals surface area contributed by atoms with Crippen molar-refractivity contribution in [2.24, 2.45) is 0 Å². The predicted molar refractivity (Wildman–Crippen MR) is 72.1 cm³/mol. The fourth-order valence-corrected chi connectivity index (χ4v) is 1.45. The van der Waals surface area contributed by atoms with E-state index in [1.165, 1.54) is 12.1 Å². The van der Waals surface area contributed by atoms with Gasteiger partial charge in [0.15, 0.2) is 0 Å². The first-order valence-corrected chi connectivity index (χ1v) is 5.75. The Hall–Kier alpha value is -1.89. The minimum Gasteiger partial charge on any atom is -0.373 e. The van der Waals surface area contributed by atoms with Gasteiger partial charge in [0.1, 0.15) is 11.6 Å². The van der Waals surface area contributed by atoms with E-state index >= 15 is 0 Å². The van der Waals surface area contributed by atoms with Crippen molar-refractivity contribution in [3.8, 4) is 0 Å². The van der Waals surface area contributed by atoms with Gasteiger partial charge in [0.25, 0.3) is 5.69 Å². The fraction of sp³-hybridized carbons (Fsp3) is 0.545. The van der Waals surface area contributed by atoms with Gasteiger partial charge in [-0.25, -0.2) is 4.98 Å². The molecule has 1 rings (SSSR count). The largest absolute Gasteiger partial charge is 0.373 e. The van der Waals surface area contributed by atoms with Crippen LogP contribution in [0.25, 0.3) is 0 Å². The minimum absolute atomic E-state index is 0.0319. The molecule has 0 aliphatic heterocycles. The third-order valence-electron chi connectivity index (χ3n) is 2.37. The molecule has 7 nitrogen and oxygen atoms in total. The zero-order valence-corrected chi connectivity index (χ0v) is 10.9. The topological polar surface area (TPSA) is 83.3 Å². The molecule has 0 radical (unpaired) electrons. The van der Waals surface area contributed by atoms with Gasteiger partial charge in [0.05, 0.1) is 17.1 Å². The SMILES string of the molecule is CNc1cc([N+](=O)[O-])cc(NCCCN(C)C)n1. The summed E-state index contributed by atoms with van der Waals surface area (Å²) in [6.07, 6.45) is 0.951. The second kappa shape index (κ2) is 6.75. The Morgan fingerprint density at radius 2 is 2.06 bits per heavy atom. The van der Waals surface area contributed by atoms with Crippen LogP contribution in [0.3, 0.4) is 0 Å². The van der Waals surface area contributed by atoms with Crippen molar-refractivity contribution in [3.63, 3.8) is 0 Å². The zero-order valence-electron chi connectivity index (χ0n) is 10.9. The number of nitrogens with one attached hydrogen (secondary N) is 2. The summed E-state index contributed by atoms with van der Waals surface area (Å²) in [5, 5.41) is 16.7. The molecule has 1 aromatic rings. The smallest absolute Gasteiger partial charge is 0.276 e. The van der Waals surface area contributed by atoms with Crippen molar-refractivity contribution >= 4 is 17.3 Å². The van der Waals surface area contributed by atoms with E-state index in [0.29, 0.717) is 11.6 Å². The normalized spacial score (nSPS) is 10.4. The summed E-state index contributed by atoms with van der Waals surface area (Å²) in [6.45, 7) is 1.69. The highest BCUT2D eigenvalue weighted by Gasteiger charge is 2.10. The van der Waals surface area contributed by atoms with Crippen molar-refractivity contribution in [2.75, 3.05) is 44.9 Å². The van der Waals surface area contributed by atoms with Crippen LogP contribution < -0.4 is 10.6 Å². The van der Waals surface area contributed by atoms with Gasteiger partial charge in [0, 0.05) is 13.6 Å². The molecule has 0 saturated carbocycles. The van der Waals surface area contributed by atoms with Gasteiger partial charge in [-0.3, -0.25) is 10.1 Å². The summed E-state index contributed by atoms with van der Waals surface area (Å²) in [5.41, 5.74) is 0.0319. The first kappa shape index (κ1) is 14.2. The monoisotopic (exact) mass is 253 g/mol. The summed E-state index contributed by atoms with van der Waals surface area (Å²) in [4.78, 5) is 16.6. The summed E-state index contributed by atoms with van der Waals surface area (Å²) >= 11 is 0. The fourth-order valence-electron chi connectivity index (χ4n) is 1.45. The third kappa shape index (κ3) is 4.54. The van der Waals surface area contributed by atoms with E-state index in [0.717, 1.165) is 19.5 Å². The van der Waals surface area contributed by atoms with Gasteiger partial charge in [-0.1, -0.05) is 0 Å². The highest BCUT2D eigenvalue weighted by molar-refractivity contribution is 5.54.